The molecule has 0 fully saturated rings. The van der Waals surface area contributed by atoms with Crippen molar-refractivity contribution in [2.75, 3.05) is 25.1 Å². The van der Waals surface area contributed by atoms with Crippen molar-refractivity contribution in [2.24, 2.45) is 5.10 Å². The van der Waals surface area contributed by atoms with Crippen LogP contribution in [0.3, 0.4) is 0 Å². The van der Waals surface area contributed by atoms with Crippen LogP contribution >= 0.6 is 11.6 Å². The number of anilines is 1. The van der Waals surface area contributed by atoms with Crippen LogP contribution in [0.15, 0.2) is 82.8 Å². The first-order valence-corrected chi connectivity index (χ1v) is 13.2. The van der Waals surface area contributed by atoms with Crippen molar-refractivity contribution >= 4 is 50.3 Å². The summed E-state index contributed by atoms with van der Waals surface area (Å²) in [5.41, 5.74) is 4.60. The zero-order chi connectivity index (χ0) is 27.3. The molecule has 38 heavy (non-hydrogen) atoms. The summed E-state index contributed by atoms with van der Waals surface area (Å²) in [5.74, 6) is 0.275. The lowest BCUT2D eigenvalue weighted by atomic mass is 10.1. The second-order valence-corrected chi connectivity index (χ2v) is 10.4. The van der Waals surface area contributed by atoms with E-state index in [1.807, 2.05) is 13.0 Å². The Kier molecular flexibility index (Phi) is 8.13. The Hall–Kier alpha value is -4.15. The van der Waals surface area contributed by atoms with Crippen LogP contribution in [0.4, 0.5) is 5.69 Å². The maximum atomic E-state index is 13.6. The maximum Gasteiger partial charge on any atom is 0.264 e. The SMILES string of the molecule is COc1ccc2cc(C=NNC(=O)CN(c3ccccc3OC)S(=O)(=O)c3ccc(C)cc3)c(Cl)nc2c1. The molecule has 1 N–H and O–H groups in total. The Bertz CT molecular complexity index is 1610. The van der Waals surface area contributed by atoms with E-state index < -0.39 is 22.5 Å². The van der Waals surface area contributed by atoms with Crippen LogP contribution < -0.4 is 19.2 Å². The second-order valence-electron chi connectivity index (χ2n) is 8.22. The number of carbonyl (C=O) groups is 1. The monoisotopic (exact) mass is 552 g/mol. The summed E-state index contributed by atoms with van der Waals surface area (Å²) in [6.07, 6.45) is 1.35. The van der Waals surface area contributed by atoms with E-state index in [0.717, 1.165) is 15.3 Å². The third-order valence-corrected chi connectivity index (χ3v) is 7.73. The number of aryl methyl sites for hydroxylation is 1. The quantitative estimate of drug-likeness (QED) is 0.185. The summed E-state index contributed by atoms with van der Waals surface area (Å²) in [6, 6.07) is 20.1. The number of para-hydroxylation sites is 2. The summed E-state index contributed by atoms with van der Waals surface area (Å²) in [6.45, 7) is 1.31. The van der Waals surface area contributed by atoms with Gasteiger partial charge in [-0.25, -0.2) is 18.8 Å². The van der Waals surface area contributed by atoms with E-state index in [9.17, 15) is 13.2 Å². The minimum Gasteiger partial charge on any atom is -0.497 e. The molecule has 0 bridgehead atoms. The highest BCUT2D eigenvalue weighted by Crippen LogP contribution is 2.32. The van der Waals surface area contributed by atoms with Crippen molar-refractivity contribution in [1.29, 1.82) is 0 Å². The molecule has 4 rings (SSSR count). The Labute approximate surface area is 225 Å². The van der Waals surface area contributed by atoms with Gasteiger partial charge >= 0.3 is 0 Å². The second kappa shape index (κ2) is 11.5. The zero-order valence-corrected chi connectivity index (χ0v) is 22.5. The van der Waals surface area contributed by atoms with Crippen molar-refractivity contribution in [3.63, 3.8) is 0 Å². The van der Waals surface area contributed by atoms with Gasteiger partial charge in [0.15, 0.2) is 0 Å². The van der Waals surface area contributed by atoms with Gasteiger partial charge in [-0.15, -0.1) is 0 Å². The van der Waals surface area contributed by atoms with E-state index in [1.54, 1.807) is 61.7 Å². The summed E-state index contributed by atoms with van der Waals surface area (Å²) < 4.78 is 38.7. The molecule has 4 aromatic rings. The van der Waals surface area contributed by atoms with E-state index in [4.69, 9.17) is 21.1 Å². The normalized spacial score (nSPS) is 11.5. The first kappa shape index (κ1) is 26.9. The van der Waals surface area contributed by atoms with Crippen LogP contribution in [0.25, 0.3) is 10.9 Å². The van der Waals surface area contributed by atoms with Crippen LogP contribution in [-0.4, -0.2) is 46.3 Å². The number of sulfonamides is 1. The van der Waals surface area contributed by atoms with Crippen molar-refractivity contribution in [3.05, 3.63) is 89.1 Å². The Morgan fingerprint density at radius 1 is 1.05 bits per heavy atom. The van der Waals surface area contributed by atoms with E-state index in [0.29, 0.717) is 22.6 Å². The molecule has 0 spiro atoms. The van der Waals surface area contributed by atoms with Crippen molar-refractivity contribution in [2.45, 2.75) is 11.8 Å². The predicted molar refractivity (Wildman–Crippen MR) is 148 cm³/mol. The minimum atomic E-state index is -4.11. The van der Waals surface area contributed by atoms with Crippen molar-refractivity contribution in [3.8, 4) is 11.5 Å². The number of hydrogen-bond acceptors (Lipinski definition) is 7. The molecule has 0 saturated carbocycles. The molecule has 0 atom stereocenters. The van der Waals surface area contributed by atoms with E-state index >= 15 is 0 Å². The maximum absolute atomic E-state index is 13.6. The number of methoxy groups -OCH3 is 2. The van der Waals surface area contributed by atoms with E-state index in [2.05, 4.69) is 15.5 Å². The number of amides is 1. The number of ether oxygens (including phenoxy) is 2. The van der Waals surface area contributed by atoms with Crippen LogP contribution in [0.1, 0.15) is 11.1 Å². The zero-order valence-electron chi connectivity index (χ0n) is 20.9. The smallest absolute Gasteiger partial charge is 0.264 e. The predicted octanol–water partition coefficient (Wildman–Crippen LogP) is 4.56. The largest absolute Gasteiger partial charge is 0.497 e. The number of fused-ring (bicyclic) bond motifs is 1. The van der Waals surface area contributed by atoms with Crippen LogP contribution in [-0.2, 0) is 14.8 Å². The molecule has 196 valence electrons. The van der Waals surface area contributed by atoms with Crippen LogP contribution in [0.2, 0.25) is 5.15 Å². The molecule has 1 amide bonds. The highest BCUT2D eigenvalue weighted by molar-refractivity contribution is 7.92. The molecule has 0 aliphatic carbocycles. The lowest BCUT2D eigenvalue weighted by molar-refractivity contribution is -0.119. The average molecular weight is 553 g/mol. The van der Waals surface area contributed by atoms with Gasteiger partial charge in [-0.2, -0.15) is 5.10 Å². The summed E-state index contributed by atoms with van der Waals surface area (Å²) >= 11 is 6.29. The first-order valence-electron chi connectivity index (χ1n) is 11.4. The van der Waals surface area contributed by atoms with Gasteiger partial charge in [-0.05, 0) is 49.4 Å². The Morgan fingerprint density at radius 3 is 2.50 bits per heavy atom. The van der Waals surface area contributed by atoms with Gasteiger partial charge in [-0.1, -0.05) is 41.4 Å². The average Bonchev–Trinajstić information content (AvgIpc) is 2.91. The van der Waals surface area contributed by atoms with Gasteiger partial charge < -0.3 is 9.47 Å². The number of benzene rings is 3. The standard InChI is InChI=1S/C27H25ClN4O5S/c1-18-8-12-22(13-9-18)38(34,35)32(24-6-4-5-7-25(24)37-3)17-26(33)31-29-16-20-14-19-10-11-21(36-2)15-23(19)30-27(20)28/h4-16H,17H2,1-3H3,(H,31,33). The van der Waals surface area contributed by atoms with Gasteiger partial charge in [0.1, 0.15) is 23.2 Å². The third kappa shape index (κ3) is 5.87. The van der Waals surface area contributed by atoms with E-state index in [-0.39, 0.29) is 15.7 Å². The highest BCUT2D eigenvalue weighted by atomic mass is 35.5. The number of nitrogens with one attached hydrogen (secondary N) is 1. The summed E-state index contributed by atoms with van der Waals surface area (Å²) in [5, 5.41) is 4.95. The van der Waals surface area contributed by atoms with Gasteiger partial charge in [0.25, 0.3) is 15.9 Å². The molecule has 0 saturated heterocycles. The molecule has 3 aromatic carbocycles. The molecule has 0 unspecified atom stereocenters. The fraction of sp³-hybridized carbons (Fsp3) is 0.148. The van der Waals surface area contributed by atoms with Gasteiger partial charge in [0, 0.05) is 17.0 Å². The minimum absolute atomic E-state index is 0.0379. The Morgan fingerprint density at radius 2 is 1.79 bits per heavy atom. The summed E-state index contributed by atoms with van der Waals surface area (Å²) in [4.78, 5) is 17.3. The fourth-order valence-electron chi connectivity index (χ4n) is 3.67. The molecule has 9 nitrogen and oxygen atoms in total. The Balaban J connectivity index is 1.58. The highest BCUT2D eigenvalue weighted by Gasteiger charge is 2.29. The molecule has 1 aromatic heterocycles. The van der Waals surface area contributed by atoms with Gasteiger partial charge in [0.05, 0.1) is 36.5 Å². The molecule has 0 aliphatic heterocycles. The number of hydrogen-bond donors (Lipinski definition) is 1. The number of carbonyl (C=O) groups excluding carboxylic acids is 1. The van der Waals surface area contributed by atoms with E-state index in [1.165, 1.54) is 25.5 Å². The van der Waals surface area contributed by atoms with Crippen LogP contribution in [0, 0.1) is 6.92 Å². The van der Waals surface area contributed by atoms with Crippen molar-refractivity contribution in [1.82, 2.24) is 10.4 Å². The van der Waals surface area contributed by atoms with Gasteiger partial charge in [-0.3, -0.25) is 9.10 Å². The summed E-state index contributed by atoms with van der Waals surface area (Å²) in [7, 11) is -1.12. The van der Waals surface area contributed by atoms with Crippen LogP contribution in [0.5, 0.6) is 11.5 Å². The van der Waals surface area contributed by atoms with Gasteiger partial charge in [0.2, 0.25) is 0 Å². The number of rotatable bonds is 9. The third-order valence-electron chi connectivity index (χ3n) is 5.65. The number of pyridine rings is 1. The lowest BCUT2D eigenvalue weighted by Crippen LogP contribution is -2.39. The van der Waals surface area contributed by atoms with Crippen molar-refractivity contribution < 1.29 is 22.7 Å². The molecule has 0 radical (unpaired) electrons. The topological polar surface area (TPSA) is 110 Å². The molecule has 0 aliphatic rings. The first-order chi connectivity index (χ1) is 18.2. The molecular formula is C27H25ClN4O5S. The lowest BCUT2D eigenvalue weighted by Gasteiger charge is -2.25. The molecule has 11 heteroatoms. The molecule has 1 heterocycles. The number of halogens is 1. The number of nitrogens with zero attached hydrogens (tertiary/aromatic N) is 3. The molecular weight excluding hydrogens is 528 g/mol. The number of aromatic nitrogens is 1. The number of hydrazone groups is 1. The fourth-order valence-corrected chi connectivity index (χ4v) is 5.30.